The van der Waals surface area contributed by atoms with Gasteiger partial charge in [-0.3, -0.25) is 4.79 Å². The van der Waals surface area contributed by atoms with Gasteiger partial charge in [-0.05, 0) is 6.42 Å². The number of rotatable bonds is 7. The zero-order valence-corrected chi connectivity index (χ0v) is 10.2. The molecule has 0 bridgehead atoms. The Hall–Kier alpha value is -0.820. The molecule has 1 aromatic rings. The van der Waals surface area contributed by atoms with Crippen molar-refractivity contribution < 1.29 is 4.79 Å². The van der Waals surface area contributed by atoms with Crippen LogP contribution in [0.2, 0.25) is 0 Å². The molecule has 1 heterocycles. The molecule has 0 aliphatic heterocycles. The average molecular weight is 246 g/mol. The Morgan fingerprint density at radius 3 is 3.07 bits per heavy atom. The SMILES string of the molecule is CCCCNc1nnc(SCC(N)=O)s1. The van der Waals surface area contributed by atoms with Crippen molar-refractivity contribution in [1.82, 2.24) is 10.2 Å². The standard InChI is InChI=1S/C8H14N4OS2/c1-2-3-4-10-7-11-12-8(15-7)14-5-6(9)13/h2-5H2,1H3,(H2,9,13)(H,10,11). The topological polar surface area (TPSA) is 80.9 Å². The van der Waals surface area contributed by atoms with E-state index in [2.05, 4.69) is 22.4 Å². The number of primary amides is 1. The molecule has 1 aromatic heterocycles. The normalized spacial score (nSPS) is 10.2. The average Bonchev–Trinajstić information content (AvgIpc) is 2.63. The number of nitrogens with two attached hydrogens (primary N) is 1. The Bertz CT molecular complexity index is 315. The van der Waals surface area contributed by atoms with Gasteiger partial charge in [0.15, 0.2) is 4.34 Å². The zero-order chi connectivity index (χ0) is 11.1. The Kier molecular flexibility index (Phi) is 5.41. The van der Waals surface area contributed by atoms with Crippen LogP contribution < -0.4 is 11.1 Å². The highest BCUT2D eigenvalue weighted by Gasteiger charge is 2.05. The van der Waals surface area contributed by atoms with E-state index >= 15 is 0 Å². The molecule has 0 fully saturated rings. The Labute approximate surface area is 96.8 Å². The lowest BCUT2D eigenvalue weighted by Crippen LogP contribution is -2.12. The molecule has 15 heavy (non-hydrogen) atoms. The van der Waals surface area contributed by atoms with Gasteiger partial charge < -0.3 is 11.1 Å². The van der Waals surface area contributed by atoms with E-state index in [0.29, 0.717) is 0 Å². The van der Waals surface area contributed by atoms with Crippen molar-refractivity contribution in [3.8, 4) is 0 Å². The molecular formula is C8H14N4OS2. The number of nitrogens with zero attached hydrogens (tertiary/aromatic N) is 2. The van der Waals surface area contributed by atoms with Crippen LogP contribution in [0.3, 0.4) is 0 Å². The number of anilines is 1. The number of carbonyl (C=O) groups is 1. The van der Waals surface area contributed by atoms with Gasteiger partial charge in [-0.1, -0.05) is 36.4 Å². The minimum absolute atomic E-state index is 0.254. The van der Waals surface area contributed by atoms with Crippen molar-refractivity contribution in [2.75, 3.05) is 17.6 Å². The van der Waals surface area contributed by atoms with E-state index in [9.17, 15) is 4.79 Å². The third-order valence-corrected chi connectivity index (χ3v) is 3.59. The molecule has 84 valence electrons. The van der Waals surface area contributed by atoms with E-state index in [1.54, 1.807) is 0 Å². The third-order valence-electron chi connectivity index (χ3n) is 1.55. The van der Waals surface area contributed by atoms with Crippen LogP contribution in [0, 0.1) is 0 Å². The number of unbranched alkanes of at least 4 members (excludes halogenated alkanes) is 1. The first kappa shape index (κ1) is 12.3. The predicted octanol–water partition coefficient (Wildman–Crippen LogP) is 1.33. The first-order valence-electron chi connectivity index (χ1n) is 4.71. The van der Waals surface area contributed by atoms with Gasteiger partial charge in [0.2, 0.25) is 11.0 Å². The molecule has 0 aromatic carbocycles. The fraction of sp³-hybridized carbons (Fsp3) is 0.625. The minimum Gasteiger partial charge on any atom is -0.369 e. The van der Waals surface area contributed by atoms with Gasteiger partial charge in [0.05, 0.1) is 5.75 Å². The summed E-state index contributed by atoms with van der Waals surface area (Å²) in [6.45, 7) is 3.04. The number of carbonyl (C=O) groups excluding carboxylic acids is 1. The maximum absolute atomic E-state index is 10.5. The molecule has 3 N–H and O–H groups in total. The third kappa shape index (κ3) is 4.98. The van der Waals surface area contributed by atoms with Gasteiger partial charge in [0.25, 0.3) is 0 Å². The molecule has 0 aliphatic carbocycles. The van der Waals surface area contributed by atoms with Crippen LogP contribution in [0.25, 0.3) is 0 Å². The van der Waals surface area contributed by atoms with Crippen molar-refractivity contribution in [2.24, 2.45) is 5.73 Å². The van der Waals surface area contributed by atoms with Gasteiger partial charge in [0, 0.05) is 6.54 Å². The highest BCUT2D eigenvalue weighted by Crippen LogP contribution is 2.24. The lowest BCUT2D eigenvalue weighted by Gasteiger charge is -1.97. The largest absolute Gasteiger partial charge is 0.369 e. The van der Waals surface area contributed by atoms with Crippen LogP contribution in [0.15, 0.2) is 4.34 Å². The minimum atomic E-state index is -0.337. The van der Waals surface area contributed by atoms with Gasteiger partial charge >= 0.3 is 0 Å². The van der Waals surface area contributed by atoms with Crippen molar-refractivity contribution in [3.05, 3.63) is 0 Å². The van der Waals surface area contributed by atoms with Crippen LogP contribution in [-0.2, 0) is 4.79 Å². The maximum atomic E-state index is 10.5. The fourth-order valence-corrected chi connectivity index (χ4v) is 2.36. The van der Waals surface area contributed by atoms with E-state index < -0.39 is 0 Å². The van der Waals surface area contributed by atoms with E-state index in [1.165, 1.54) is 23.1 Å². The summed E-state index contributed by atoms with van der Waals surface area (Å²) in [4.78, 5) is 10.5. The van der Waals surface area contributed by atoms with Crippen LogP contribution in [0.4, 0.5) is 5.13 Å². The highest BCUT2D eigenvalue weighted by atomic mass is 32.2. The smallest absolute Gasteiger partial charge is 0.227 e. The molecule has 0 aliphatic rings. The van der Waals surface area contributed by atoms with E-state index in [-0.39, 0.29) is 11.7 Å². The number of aromatic nitrogens is 2. The second-order valence-corrected chi connectivity index (χ2v) is 5.11. The molecule has 5 nitrogen and oxygen atoms in total. The van der Waals surface area contributed by atoms with Gasteiger partial charge in [-0.25, -0.2) is 0 Å². The summed E-state index contributed by atoms with van der Waals surface area (Å²) in [5.41, 5.74) is 5.03. The number of amides is 1. The van der Waals surface area contributed by atoms with Crippen molar-refractivity contribution in [2.45, 2.75) is 24.1 Å². The summed E-state index contributed by atoms with van der Waals surface area (Å²) in [5.74, 6) is -0.0838. The van der Waals surface area contributed by atoms with Crippen molar-refractivity contribution >= 4 is 34.1 Å². The Morgan fingerprint density at radius 1 is 1.60 bits per heavy atom. The van der Waals surface area contributed by atoms with Crippen LogP contribution >= 0.6 is 23.1 Å². The van der Waals surface area contributed by atoms with Gasteiger partial charge in [0.1, 0.15) is 0 Å². The number of hydrogen-bond donors (Lipinski definition) is 2. The van der Waals surface area contributed by atoms with Gasteiger partial charge in [-0.2, -0.15) is 0 Å². The van der Waals surface area contributed by atoms with Crippen molar-refractivity contribution in [3.63, 3.8) is 0 Å². The molecule has 0 radical (unpaired) electrons. The molecule has 0 atom stereocenters. The van der Waals surface area contributed by atoms with Crippen LogP contribution in [-0.4, -0.2) is 28.4 Å². The van der Waals surface area contributed by atoms with Crippen LogP contribution in [0.5, 0.6) is 0 Å². The van der Waals surface area contributed by atoms with Crippen LogP contribution in [0.1, 0.15) is 19.8 Å². The molecule has 0 saturated heterocycles. The second-order valence-electron chi connectivity index (χ2n) is 2.91. The molecule has 0 saturated carbocycles. The number of nitrogens with one attached hydrogen (secondary N) is 1. The van der Waals surface area contributed by atoms with Gasteiger partial charge in [-0.15, -0.1) is 10.2 Å². The predicted molar refractivity (Wildman–Crippen MR) is 63.2 cm³/mol. The zero-order valence-electron chi connectivity index (χ0n) is 8.52. The second kappa shape index (κ2) is 6.62. The molecule has 1 rings (SSSR count). The lowest BCUT2D eigenvalue weighted by molar-refractivity contribution is -0.115. The summed E-state index contributed by atoms with van der Waals surface area (Å²) in [5, 5.41) is 11.8. The van der Waals surface area contributed by atoms with E-state index in [4.69, 9.17) is 5.73 Å². The summed E-state index contributed by atoms with van der Waals surface area (Å²) in [6, 6.07) is 0. The maximum Gasteiger partial charge on any atom is 0.227 e. The Morgan fingerprint density at radius 2 is 2.40 bits per heavy atom. The Balaban J connectivity index is 2.32. The molecular weight excluding hydrogens is 232 g/mol. The van der Waals surface area contributed by atoms with E-state index in [1.807, 2.05) is 0 Å². The summed E-state index contributed by atoms with van der Waals surface area (Å²) in [7, 11) is 0. The summed E-state index contributed by atoms with van der Waals surface area (Å²) < 4.78 is 0.771. The summed E-state index contributed by atoms with van der Waals surface area (Å²) in [6.07, 6.45) is 2.26. The monoisotopic (exact) mass is 246 g/mol. The number of thioether (sulfide) groups is 1. The molecule has 7 heteroatoms. The number of hydrogen-bond acceptors (Lipinski definition) is 6. The quantitative estimate of drug-likeness (QED) is 0.560. The first-order chi connectivity index (χ1) is 7.22. The first-order valence-corrected chi connectivity index (χ1v) is 6.51. The van der Waals surface area contributed by atoms with E-state index in [0.717, 1.165) is 28.9 Å². The summed E-state index contributed by atoms with van der Waals surface area (Å²) >= 11 is 2.77. The lowest BCUT2D eigenvalue weighted by atomic mass is 10.3. The molecule has 1 amide bonds. The molecule has 0 spiro atoms. The highest BCUT2D eigenvalue weighted by molar-refractivity contribution is 8.01. The fourth-order valence-electron chi connectivity index (χ4n) is 0.844. The van der Waals surface area contributed by atoms with Crippen molar-refractivity contribution in [1.29, 1.82) is 0 Å². The molecule has 0 unspecified atom stereocenters.